The second kappa shape index (κ2) is 4.74. The molecule has 3 unspecified atom stereocenters. The second-order valence-corrected chi connectivity index (χ2v) is 7.08. The number of hydrogen-bond donors (Lipinski definition) is 1. The Labute approximate surface area is 109 Å². The third-order valence-corrected chi connectivity index (χ3v) is 6.02. The van der Waals surface area contributed by atoms with Gasteiger partial charge in [0.15, 0.2) is 0 Å². The first-order valence-corrected chi connectivity index (χ1v) is 7.87. The number of aryl methyl sites for hydroxylation is 1. The molecule has 2 heteroatoms. The standard InChI is InChI=1S/C15H23NS/c1-16-11-15(7-6-14-3-2-8-17-14)10-12-4-5-13(15)9-12/h2-3,8,12-13,16H,4-7,9-11H2,1H3. The van der Waals surface area contributed by atoms with Gasteiger partial charge in [0.05, 0.1) is 0 Å². The van der Waals surface area contributed by atoms with E-state index in [1.807, 2.05) is 11.3 Å². The Hall–Kier alpha value is -0.340. The van der Waals surface area contributed by atoms with Gasteiger partial charge < -0.3 is 5.32 Å². The van der Waals surface area contributed by atoms with Gasteiger partial charge in [0.2, 0.25) is 0 Å². The molecule has 3 atom stereocenters. The van der Waals surface area contributed by atoms with Crippen molar-refractivity contribution < 1.29 is 0 Å². The summed E-state index contributed by atoms with van der Waals surface area (Å²) in [6.07, 6.45) is 8.71. The fraction of sp³-hybridized carbons (Fsp3) is 0.733. The molecule has 0 saturated heterocycles. The first-order valence-electron chi connectivity index (χ1n) is 6.99. The zero-order valence-electron chi connectivity index (χ0n) is 10.7. The fourth-order valence-electron chi connectivity index (χ4n) is 4.35. The summed E-state index contributed by atoms with van der Waals surface area (Å²) in [6, 6.07) is 4.48. The monoisotopic (exact) mass is 249 g/mol. The van der Waals surface area contributed by atoms with Crippen LogP contribution in [-0.4, -0.2) is 13.6 Å². The van der Waals surface area contributed by atoms with E-state index in [2.05, 4.69) is 29.9 Å². The van der Waals surface area contributed by atoms with Gasteiger partial charge in [0, 0.05) is 11.4 Å². The van der Waals surface area contributed by atoms with Crippen molar-refractivity contribution in [3.05, 3.63) is 22.4 Å². The Bertz CT molecular complexity index is 359. The second-order valence-electron chi connectivity index (χ2n) is 6.05. The van der Waals surface area contributed by atoms with E-state index in [0.717, 1.165) is 11.8 Å². The third-order valence-electron chi connectivity index (χ3n) is 5.08. The highest BCUT2D eigenvalue weighted by atomic mass is 32.1. The SMILES string of the molecule is CNCC1(CCc2cccs2)CC2CCC1C2. The lowest BCUT2D eigenvalue weighted by molar-refractivity contribution is 0.147. The van der Waals surface area contributed by atoms with E-state index < -0.39 is 0 Å². The summed E-state index contributed by atoms with van der Waals surface area (Å²) in [5.41, 5.74) is 0.627. The van der Waals surface area contributed by atoms with Crippen LogP contribution in [0.1, 0.15) is 37.0 Å². The third kappa shape index (κ3) is 2.17. The molecule has 1 N–H and O–H groups in total. The highest BCUT2D eigenvalue weighted by Crippen LogP contribution is 2.57. The summed E-state index contributed by atoms with van der Waals surface area (Å²) in [5.74, 6) is 2.07. The molecule has 2 bridgehead atoms. The zero-order chi connectivity index (χ0) is 11.7. The lowest BCUT2D eigenvalue weighted by Gasteiger charge is -2.38. The van der Waals surface area contributed by atoms with Crippen LogP contribution in [0, 0.1) is 17.3 Å². The van der Waals surface area contributed by atoms with Crippen LogP contribution in [-0.2, 0) is 6.42 Å². The highest BCUT2D eigenvalue weighted by molar-refractivity contribution is 7.09. The van der Waals surface area contributed by atoms with Crippen molar-refractivity contribution in [1.29, 1.82) is 0 Å². The molecule has 1 aromatic rings. The van der Waals surface area contributed by atoms with E-state index in [1.54, 1.807) is 4.88 Å². The molecule has 0 aliphatic heterocycles. The summed E-state index contributed by atoms with van der Waals surface area (Å²) in [6.45, 7) is 1.24. The normalized spacial score (nSPS) is 35.6. The zero-order valence-corrected chi connectivity index (χ0v) is 11.6. The predicted molar refractivity (Wildman–Crippen MR) is 74.4 cm³/mol. The molecule has 0 aromatic carbocycles. The van der Waals surface area contributed by atoms with Crippen LogP contribution in [0.5, 0.6) is 0 Å². The first-order chi connectivity index (χ1) is 8.32. The number of thiophene rings is 1. The molecule has 3 rings (SSSR count). The Kier molecular flexibility index (Phi) is 3.27. The number of fused-ring (bicyclic) bond motifs is 2. The van der Waals surface area contributed by atoms with Gasteiger partial charge in [0.1, 0.15) is 0 Å². The van der Waals surface area contributed by atoms with Crippen molar-refractivity contribution in [3.8, 4) is 0 Å². The summed E-state index contributed by atoms with van der Waals surface area (Å²) in [7, 11) is 2.12. The van der Waals surface area contributed by atoms with Gasteiger partial charge in [-0.3, -0.25) is 0 Å². The quantitative estimate of drug-likeness (QED) is 0.839. The van der Waals surface area contributed by atoms with Gasteiger partial charge >= 0.3 is 0 Å². The van der Waals surface area contributed by atoms with Crippen LogP contribution in [0.4, 0.5) is 0 Å². The average molecular weight is 249 g/mol. The molecule has 0 radical (unpaired) electrons. The molecule has 2 aliphatic carbocycles. The molecule has 1 nitrogen and oxygen atoms in total. The van der Waals surface area contributed by atoms with Gasteiger partial charge in [-0.2, -0.15) is 0 Å². The van der Waals surface area contributed by atoms with Crippen LogP contribution in [0.3, 0.4) is 0 Å². The molecule has 1 heterocycles. The molecular formula is C15H23NS. The highest BCUT2D eigenvalue weighted by Gasteiger charge is 2.49. The Morgan fingerprint density at radius 3 is 3.00 bits per heavy atom. The minimum Gasteiger partial charge on any atom is -0.319 e. The lowest BCUT2D eigenvalue weighted by Crippen LogP contribution is -2.37. The summed E-state index contributed by atoms with van der Waals surface area (Å²) >= 11 is 1.92. The molecule has 2 fully saturated rings. The molecule has 0 amide bonds. The minimum absolute atomic E-state index is 0.627. The number of nitrogens with one attached hydrogen (secondary N) is 1. The van der Waals surface area contributed by atoms with E-state index in [1.165, 1.54) is 45.1 Å². The van der Waals surface area contributed by atoms with E-state index in [9.17, 15) is 0 Å². The van der Waals surface area contributed by atoms with E-state index >= 15 is 0 Å². The molecular weight excluding hydrogens is 226 g/mol. The molecule has 2 aliphatic rings. The van der Waals surface area contributed by atoms with Crippen molar-refractivity contribution in [2.45, 2.75) is 38.5 Å². The van der Waals surface area contributed by atoms with Crippen molar-refractivity contribution in [3.63, 3.8) is 0 Å². The van der Waals surface area contributed by atoms with Crippen LogP contribution >= 0.6 is 11.3 Å². The van der Waals surface area contributed by atoms with Gasteiger partial charge in [-0.25, -0.2) is 0 Å². The van der Waals surface area contributed by atoms with Crippen molar-refractivity contribution in [2.75, 3.05) is 13.6 Å². The van der Waals surface area contributed by atoms with Gasteiger partial charge in [-0.05, 0) is 67.8 Å². The molecule has 94 valence electrons. The predicted octanol–water partition coefficient (Wildman–Crippen LogP) is 3.71. The van der Waals surface area contributed by atoms with Gasteiger partial charge in [-0.15, -0.1) is 11.3 Å². The first kappa shape index (κ1) is 11.7. The maximum atomic E-state index is 3.47. The van der Waals surface area contributed by atoms with Crippen molar-refractivity contribution in [2.24, 2.45) is 17.3 Å². The Morgan fingerprint density at radius 2 is 2.41 bits per heavy atom. The Morgan fingerprint density at radius 1 is 1.47 bits per heavy atom. The van der Waals surface area contributed by atoms with Crippen LogP contribution < -0.4 is 5.32 Å². The van der Waals surface area contributed by atoms with E-state index in [-0.39, 0.29) is 0 Å². The molecule has 2 saturated carbocycles. The van der Waals surface area contributed by atoms with Crippen LogP contribution in [0.2, 0.25) is 0 Å². The van der Waals surface area contributed by atoms with E-state index in [0.29, 0.717) is 5.41 Å². The number of rotatable bonds is 5. The smallest absolute Gasteiger partial charge is 0.00454 e. The topological polar surface area (TPSA) is 12.0 Å². The summed E-state index contributed by atoms with van der Waals surface area (Å²) < 4.78 is 0. The van der Waals surface area contributed by atoms with Crippen LogP contribution in [0.15, 0.2) is 17.5 Å². The maximum Gasteiger partial charge on any atom is 0.00454 e. The molecule has 0 spiro atoms. The maximum absolute atomic E-state index is 3.47. The lowest BCUT2D eigenvalue weighted by atomic mass is 9.70. The minimum atomic E-state index is 0.627. The Balaban J connectivity index is 1.68. The van der Waals surface area contributed by atoms with Crippen LogP contribution in [0.25, 0.3) is 0 Å². The average Bonchev–Trinajstić information content (AvgIpc) is 3.03. The molecule has 1 aromatic heterocycles. The summed E-state index contributed by atoms with van der Waals surface area (Å²) in [5, 5.41) is 5.68. The fourth-order valence-corrected chi connectivity index (χ4v) is 5.06. The van der Waals surface area contributed by atoms with E-state index in [4.69, 9.17) is 0 Å². The van der Waals surface area contributed by atoms with Gasteiger partial charge in [0.25, 0.3) is 0 Å². The molecule has 17 heavy (non-hydrogen) atoms. The number of hydrogen-bond acceptors (Lipinski definition) is 2. The van der Waals surface area contributed by atoms with Crippen molar-refractivity contribution >= 4 is 11.3 Å². The summed E-state index contributed by atoms with van der Waals surface area (Å²) in [4.78, 5) is 1.57. The largest absolute Gasteiger partial charge is 0.319 e. The van der Waals surface area contributed by atoms with Crippen molar-refractivity contribution in [1.82, 2.24) is 5.32 Å². The van der Waals surface area contributed by atoms with Gasteiger partial charge in [-0.1, -0.05) is 12.5 Å².